The minimum atomic E-state index is -4.02. The summed E-state index contributed by atoms with van der Waals surface area (Å²) in [5.41, 5.74) is 12.5. The van der Waals surface area contributed by atoms with Crippen LogP contribution in [0.1, 0.15) is 44.7 Å². The van der Waals surface area contributed by atoms with Crippen LogP contribution in [0.25, 0.3) is 6.08 Å². The average Bonchev–Trinajstić information content (AvgIpc) is 3.01. The smallest absolute Gasteiger partial charge is 0.294 e. The van der Waals surface area contributed by atoms with Crippen molar-refractivity contribution in [2.24, 2.45) is 23.5 Å². The summed E-state index contributed by atoms with van der Waals surface area (Å²) in [6, 6.07) is 23.3. The molecule has 0 bridgehead atoms. The van der Waals surface area contributed by atoms with Crippen molar-refractivity contribution < 1.29 is 32.6 Å². The van der Waals surface area contributed by atoms with Crippen molar-refractivity contribution in [3.05, 3.63) is 102 Å². The minimum Gasteiger partial charge on any atom is -0.320 e. The number of nitrogens with zero attached hydrogens (tertiary/aromatic N) is 1. The Morgan fingerprint density at radius 2 is 1.42 bits per heavy atom. The molecule has 3 rings (SSSR count). The molecule has 0 aliphatic rings. The summed E-state index contributed by atoms with van der Waals surface area (Å²) in [4.78, 5) is 38.8. The molecule has 0 aliphatic heterocycles. The molecule has 3 aromatic rings. The second-order valence-corrected chi connectivity index (χ2v) is 12.4. The fourth-order valence-corrected chi connectivity index (χ4v) is 4.82. The average molecular weight is 639 g/mol. The molecule has 0 aliphatic carbocycles. The number of rotatable bonds is 11. The lowest BCUT2D eigenvalue weighted by atomic mass is 9.82. The number of hydroxylamine groups is 1. The molecule has 12 heteroatoms. The van der Waals surface area contributed by atoms with E-state index in [0.717, 1.165) is 16.1 Å². The van der Waals surface area contributed by atoms with Gasteiger partial charge in [-0.15, -0.1) is 0 Å². The van der Waals surface area contributed by atoms with Gasteiger partial charge in [0.1, 0.15) is 0 Å². The van der Waals surface area contributed by atoms with Crippen LogP contribution >= 0.6 is 0 Å². The third-order valence-corrected chi connectivity index (χ3v) is 7.53. The van der Waals surface area contributed by atoms with Gasteiger partial charge in [-0.05, 0) is 62.4 Å². The summed E-state index contributed by atoms with van der Waals surface area (Å²) in [6.45, 7) is 7.26. The highest BCUT2D eigenvalue weighted by Gasteiger charge is 2.35. The van der Waals surface area contributed by atoms with Crippen molar-refractivity contribution in [2.75, 3.05) is 5.01 Å². The monoisotopic (exact) mass is 638 g/mol. The minimum absolute atomic E-state index is 0.0666. The third kappa shape index (κ3) is 12.3. The van der Waals surface area contributed by atoms with Gasteiger partial charge in [0, 0.05) is 0 Å². The summed E-state index contributed by atoms with van der Waals surface area (Å²) in [6.07, 6.45) is 4.26. The van der Waals surface area contributed by atoms with Gasteiger partial charge in [0.2, 0.25) is 11.8 Å². The van der Waals surface area contributed by atoms with Crippen molar-refractivity contribution in [3.63, 3.8) is 0 Å². The van der Waals surface area contributed by atoms with Crippen LogP contribution in [0.4, 0.5) is 5.69 Å². The molecular weight excluding hydrogens is 596 g/mol. The van der Waals surface area contributed by atoms with Crippen LogP contribution in [0, 0.1) is 24.7 Å². The fraction of sp³-hybridized carbons (Fsp3) is 0.303. The van der Waals surface area contributed by atoms with Crippen LogP contribution in [-0.4, -0.2) is 41.9 Å². The molecular formula is C33H42N4O7S. The molecule has 45 heavy (non-hydrogen) atoms. The molecule has 0 unspecified atom stereocenters. The maximum absolute atomic E-state index is 13.5. The van der Waals surface area contributed by atoms with Crippen LogP contribution in [0.5, 0.6) is 0 Å². The van der Waals surface area contributed by atoms with E-state index in [1.165, 1.54) is 19.1 Å². The normalized spacial score (nSPS) is 13.2. The van der Waals surface area contributed by atoms with Crippen molar-refractivity contribution in [1.29, 1.82) is 0 Å². The number of aryl methyl sites for hydroxylation is 1. The van der Waals surface area contributed by atoms with E-state index in [1.54, 1.807) is 54.0 Å². The van der Waals surface area contributed by atoms with Crippen molar-refractivity contribution in [3.8, 4) is 0 Å². The maximum atomic E-state index is 13.5. The number of hydrogen-bond acceptors (Lipinski definition) is 7. The van der Waals surface area contributed by atoms with Gasteiger partial charge in [0.15, 0.2) is 0 Å². The van der Waals surface area contributed by atoms with Gasteiger partial charge in [-0.3, -0.25) is 29.6 Å². The maximum Gasteiger partial charge on any atom is 0.294 e. The Hall–Kier alpha value is -4.36. The van der Waals surface area contributed by atoms with E-state index in [2.05, 4.69) is 5.43 Å². The number of carbonyl (C=O) groups excluding carboxylic acids is 3. The first-order chi connectivity index (χ1) is 21.2. The zero-order valence-electron chi connectivity index (χ0n) is 25.8. The first-order valence-corrected chi connectivity index (χ1v) is 15.8. The number of hydrazine groups is 1. The van der Waals surface area contributed by atoms with E-state index >= 15 is 0 Å². The predicted octanol–water partition coefficient (Wildman–Crippen LogP) is 4.53. The molecule has 3 atom stereocenters. The largest absolute Gasteiger partial charge is 0.320 e. The lowest BCUT2D eigenvalue weighted by molar-refractivity contribution is -0.141. The Morgan fingerprint density at radius 1 is 0.867 bits per heavy atom. The first kappa shape index (κ1) is 36.8. The molecule has 0 saturated heterocycles. The quantitative estimate of drug-likeness (QED) is 0.115. The molecule has 0 fully saturated rings. The number of allylic oxidation sites excluding steroid dienone is 1. The number of nitrogens with two attached hydrogens (primary N) is 1. The van der Waals surface area contributed by atoms with Crippen molar-refractivity contribution in [2.45, 2.75) is 51.5 Å². The topological polar surface area (TPSA) is 179 Å². The number of nitrogens with one attached hydrogen (secondary N) is 2. The van der Waals surface area contributed by atoms with Gasteiger partial charge in [-0.2, -0.15) is 8.42 Å². The van der Waals surface area contributed by atoms with Crippen molar-refractivity contribution >= 4 is 39.6 Å². The van der Waals surface area contributed by atoms with E-state index in [4.69, 9.17) is 10.3 Å². The summed E-state index contributed by atoms with van der Waals surface area (Å²) < 4.78 is 29.6. The van der Waals surface area contributed by atoms with E-state index in [0.29, 0.717) is 12.1 Å². The summed E-state index contributed by atoms with van der Waals surface area (Å²) in [5.74, 6) is -3.24. The fourth-order valence-electron chi connectivity index (χ4n) is 4.34. The standard InChI is InChI=1S/C26H34N4O4.C7H8O3S/c1-18(2)17-23(22(25(32)29-34)16-10-13-20-11-6-4-7-12-20)24(31)28-30(26(33)19(3)27)21-14-8-5-9-15-21;1-6-2-4-7(5-3-6)11(8,9)10/h4-15,18-19,22-23,34H,16-17,27H2,1-3H3,(H,28,31)(H,29,32);2-5H,1H3,(H,8,9,10)/b13-10+;/t19-,22-,23+;/m0./s1. The van der Waals surface area contributed by atoms with Crippen molar-refractivity contribution in [1.82, 2.24) is 10.9 Å². The highest BCUT2D eigenvalue weighted by molar-refractivity contribution is 7.85. The highest BCUT2D eigenvalue weighted by Crippen LogP contribution is 2.26. The zero-order valence-corrected chi connectivity index (χ0v) is 26.6. The molecule has 0 aromatic heterocycles. The number of anilines is 1. The molecule has 3 amide bonds. The summed E-state index contributed by atoms with van der Waals surface area (Å²) in [5, 5.41) is 10.5. The Bertz CT molecular complexity index is 1510. The van der Waals surface area contributed by atoms with E-state index in [-0.39, 0.29) is 17.2 Å². The van der Waals surface area contributed by atoms with Gasteiger partial charge in [0.05, 0.1) is 28.5 Å². The molecule has 242 valence electrons. The number of carbonyl (C=O) groups is 3. The van der Waals surface area contributed by atoms with Crippen LogP contribution in [0.3, 0.4) is 0 Å². The van der Waals surface area contributed by atoms with E-state index in [1.807, 2.05) is 57.2 Å². The molecule has 6 N–H and O–H groups in total. The predicted molar refractivity (Wildman–Crippen MR) is 173 cm³/mol. The number of amides is 3. The van der Waals surface area contributed by atoms with Crippen LogP contribution in [-0.2, 0) is 24.5 Å². The van der Waals surface area contributed by atoms with Crippen LogP contribution < -0.4 is 21.6 Å². The Balaban J connectivity index is 0.000000537. The van der Waals surface area contributed by atoms with E-state index in [9.17, 15) is 28.0 Å². The Kier molecular flexibility index (Phi) is 14.6. The van der Waals surface area contributed by atoms with Gasteiger partial charge >= 0.3 is 0 Å². The summed E-state index contributed by atoms with van der Waals surface area (Å²) >= 11 is 0. The number of benzene rings is 3. The molecule has 11 nitrogen and oxygen atoms in total. The van der Waals surface area contributed by atoms with Gasteiger partial charge < -0.3 is 5.73 Å². The zero-order chi connectivity index (χ0) is 33.6. The third-order valence-electron chi connectivity index (χ3n) is 6.66. The second-order valence-electron chi connectivity index (χ2n) is 10.9. The van der Waals surface area contributed by atoms with E-state index < -0.39 is 45.7 Å². The highest BCUT2D eigenvalue weighted by atomic mass is 32.2. The second kappa shape index (κ2) is 17.8. The molecule has 0 saturated carbocycles. The number of para-hydroxylation sites is 1. The Morgan fingerprint density at radius 3 is 1.91 bits per heavy atom. The number of hydrogen-bond donors (Lipinski definition) is 5. The molecule has 0 heterocycles. The van der Waals surface area contributed by atoms with Gasteiger partial charge in [-0.1, -0.05) is 92.2 Å². The summed E-state index contributed by atoms with van der Waals surface area (Å²) in [7, 11) is -4.02. The van der Waals surface area contributed by atoms with Gasteiger partial charge in [0.25, 0.3) is 16.0 Å². The molecule has 0 spiro atoms. The molecule has 3 aromatic carbocycles. The van der Waals surface area contributed by atoms with Crippen LogP contribution in [0.15, 0.2) is 95.9 Å². The Labute approximate surface area is 264 Å². The molecule has 0 radical (unpaired) electrons. The SMILES string of the molecule is CC(C)C[C@@H](C(=O)NN(C(=O)[C@H](C)N)c1ccccc1)[C@H](C/C=C/c1ccccc1)C(=O)NO.Cc1ccc(S(=O)(=O)O)cc1. The first-order valence-electron chi connectivity index (χ1n) is 14.4. The van der Waals surface area contributed by atoms with Gasteiger partial charge in [-0.25, -0.2) is 10.5 Å². The lowest BCUT2D eigenvalue weighted by Gasteiger charge is -2.30. The van der Waals surface area contributed by atoms with Crippen LogP contribution in [0.2, 0.25) is 0 Å². The lowest BCUT2D eigenvalue weighted by Crippen LogP contribution is -2.55.